The number of carbonyl (C=O) groups excluding carboxylic acids is 1. The van der Waals surface area contributed by atoms with Crippen LogP contribution in [0.5, 0.6) is 0 Å². The fourth-order valence-corrected chi connectivity index (χ4v) is 1.12. The highest BCUT2D eigenvalue weighted by Gasteiger charge is 2.01. The third kappa shape index (κ3) is 4.75. The first-order valence-corrected chi connectivity index (χ1v) is 5.02. The minimum atomic E-state index is -0.500. The fraction of sp³-hybridized carbons (Fsp3) is 0.364. The lowest BCUT2D eigenvalue weighted by Gasteiger charge is -2.06. The summed E-state index contributed by atoms with van der Waals surface area (Å²) in [7, 11) is 1.79. The topological polar surface area (TPSA) is 50.4 Å². The van der Waals surface area contributed by atoms with Gasteiger partial charge in [-0.05, 0) is 24.7 Å². The molecule has 0 atom stereocenters. The molecule has 88 valence electrons. The Bertz CT molecular complexity index is 345. The van der Waals surface area contributed by atoms with Crippen molar-refractivity contribution in [3.05, 3.63) is 35.6 Å². The SMILES string of the molecule is CNCCNC(=O)OCc1cccc(F)c1. The van der Waals surface area contributed by atoms with Crippen LogP contribution in [-0.4, -0.2) is 26.2 Å². The summed E-state index contributed by atoms with van der Waals surface area (Å²) in [6.07, 6.45) is -0.500. The molecule has 0 fully saturated rings. The van der Waals surface area contributed by atoms with Crippen molar-refractivity contribution in [2.24, 2.45) is 0 Å². The highest BCUT2D eigenvalue weighted by molar-refractivity contribution is 5.67. The van der Waals surface area contributed by atoms with Crippen LogP contribution in [0.3, 0.4) is 0 Å². The summed E-state index contributed by atoms with van der Waals surface area (Å²) in [6.45, 7) is 1.25. The Balaban J connectivity index is 2.26. The number of hydrogen-bond acceptors (Lipinski definition) is 3. The normalized spacial score (nSPS) is 9.88. The summed E-state index contributed by atoms with van der Waals surface area (Å²) < 4.78 is 17.7. The summed E-state index contributed by atoms with van der Waals surface area (Å²) in [5, 5.41) is 5.44. The molecule has 2 N–H and O–H groups in total. The van der Waals surface area contributed by atoms with Gasteiger partial charge in [0.25, 0.3) is 0 Å². The molecule has 0 aliphatic carbocycles. The first-order chi connectivity index (χ1) is 7.72. The van der Waals surface area contributed by atoms with E-state index in [2.05, 4.69) is 10.6 Å². The van der Waals surface area contributed by atoms with Gasteiger partial charge >= 0.3 is 6.09 Å². The van der Waals surface area contributed by atoms with Crippen LogP contribution in [0.4, 0.5) is 9.18 Å². The second kappa shape index (κ2) is 6.79. The quantitative estimate of drug-likeness (QED) is 0.743. The molecule has 0 bridgehead atoms. The molecule has 0 aliphatic rings. The standard InChI is InChI=1S/C11H15FN2O2/c1-13-5-6-14-11(15)16-8-9-3-2-4-10(12)7-9/h2-4,7,13H,5-6,8H2,1H3,(H,14,15). The minimum Gasteiger partial charge on any atom is -0.445 e. The molecule has 0 aliphatic heterocycles. The average molecular weight is 226 g/mol. The predicted octanol–water partition coefficient (Wildman–Crippen LogP) is 1.27. The van der Waals surface area contributed by atoms with Crippen molar-refractivity contribution in [2.45, 2.75) is 6.61 Å². The maximum Gasteiger partial charge on any atom is 0.407 e. The van der Waals surface area contributed by atoms with E-state index in [4.69, 9.17) is 4.74 Å². The second-order valence-corrected chi connectivity index (χ2v) is 3.24. The molecule has 0 aromatic heterocycles. The first-order valence-electron chi connectivity index (χ1n) is 5.02. The molecule has 0 heterocycles. The van der Waals surface area contributed by atoms with Crippen LogP contribution >= 0.6 is 0 Å². The molecular formula is C11H15FN2O2. The van der Waals surface area contributed by atoms with E-state index in [9.17, 15) is 9.18 Å². The maximum atomic E-state index is 12.8. The van der Waals surface area contributed by atoms with Crippen molar-refractivity contribution in [3.63, 3.8) is 0 Å². The molecule has 0 spiro atoms. The lowest BCUT2D eigenvalue weighted by molar-refractivity contribution is 0.139. The maximum absolute atomic E-state index is 12.8. The van der Waals surface area contributed by atoms with Crippen LogP contribution in [0.15, 0.2) is 24.3 Å². The third-order valence-corrected chi connectivity index (χ3v) is 1.90. The molecule has 0 radical (unpaired) electrons. The van der Waals surface area contributed by atoms with Gasteiger partial charge in [-0.15, -0.1) is 0 Å². The molecule has 0 saturated heterocycles. The van der Waals surface area contributed by atoms with E-state index in [1.165, 1.54) is 12.1 Å². The number of hydrogen-bond donors (Lipinski definition) is 2. The van der Waals surface area contributed by atoms with Crippen molar-refractivity contribution in [1.29, 1.82) is 0 Å². The largest absolute Gasteiger partial charge is 0.445 e. The van der Waals surface area contributed by atoms with E-state index in [-0.39, 0.29) is 12.4 Å². The zero-order chi connectivity index (χ0) is 11.8. The van der Waals surface area contributed by atoms with Crippen LogP contribution in [0.2, 0.25) is 0 Å². The molecular weight excluding hydrogens is 211 g/mol. The number of carbonyl (C=O) groups is 1. The van der Waals surface area contributed by atoms with Crippen LogP contribution in [0.25, 0.3) is 0 Å². The Morgan fingerprint density at radius 2 is 2.25 bits per heavy atom. The molecule has 4 nitrogen and oxygen atoms in total. The van der Waals surface area contributed by atoms with Gasteiger partial charge in [0.1, 0.15) is 12.4 Å². The van der Waals surface area contributed by atoms with Gasteiger partial charge in [0.2, 0.25) is 0 Å². The van der Waals surface area contributed by atoms with Crippen molar-refractivity contribution in [1.82, 2.24) is 10.6 Å². The highest BCUT2D eigenvalue weighted by Crippen LogP contribution is 2.04. The van der Waals surface area contributed by atoms with Crippen LogP contribution in [0, 0.1) is 5.82 Å². The Labute approximate surface area is 93.8 Å². The monoisotopic (exact) mass is 226 g/mol. The third-order valence-electron chi connectivity index (χ3n) is 1.90. The van der Waals surface area contributed by atoms with Gasteiger partial charge in [0, 0.05) is 13.1 Å². The number of amides is 1. The number of benzene rings is 1. The molecule has 1 amide bonds. The number of rotatable bonds is 5. The lowest BCUT2D eigenvalue weighted by Crippen LogP contribution is -2.30. The number of alkyl carbamates (subject to hydrolysis) is 1. The van der Waals surface area contributed by atoms with E-state index < -0.39 is 6.09 Å². The lowest BCUT2D eigenvalue weighted by atomic mass is 10.2. The molecule has 5 heteroatoms. The summed E-state index contributed by atoms with van der Waals surface area (Å²) in [5.41, 5.74) is 0.628. The van der Waals surface area contributed by atoms with Gasteiger partial charge in [0.05, 0.1) is 0 Å². The Morgan fingerprint density at radius 1 is 1.44 bits per heavy atom. The predicted molar refractivity (Wildman–Crippen MR) is 58.5 cm³/mol. The van der Waals surface area contributed by atoms with Crippen LogP contribution in [-0.2, 0) is 11.3 Å². The second-order valence-electron chi connectivity index (χ2n) is 3.24. The van der Waals surface area contributed by atoms with E-state index in [1.54, 1.807) is 19.2 Å². The van der Waals surface area contributed by atoms with Gasteiger partial charge in [-0.25, -0.2) is 9.18 Å². The van der Waals surface area contributed by atoms with Gasteiger partial charge in [0.15, 0.2) is 0 Å². The summed E-state index contributed by atoms with van der Waals surface area (Å²) >= 11 is 0. The molecule has 1 aromatic carbocycles. The van der Waals surface area contributed by atoms with Gasteiger partial charge in [-0.1, -0.05) is 12.1 Å². The zero-order valence-electron chi connectivity index (χ0n) is 9.13. The summed E-state index contributed by atoms with van der Waals surface area (Å²) in [6, 6.07) is 5.95. The molecule has 1 rings (SSSR count). The van der Waals surface area contributed by atoms with E-state index in [1.807, 2.05) is 0 Å². The minimum absolute atomic E-state index is 0.0726. The number of likely N-dealkylation sites (N-methyl/N-ethyl adjacent to an activating group) is 1. The van der Waals surface area contributed by atoms with Gasteiger partial charge in [-0.2, -0.15) is 0 Å². The van der Waals surface area contributed by atoms with Crippen molar-refractivity contribution in [2.75, 3.05) is 20.1 Å². The molecule has 0 saturated carbocycles. The average Bonchev–Trinajstić information content (AvgIpc) is 2.27. The van der Waals surface area contributed by atoms with Crippen LogP contribution < -0.4 is 10.6 Å². The van der Waals surface area contributed by atoms with Crippen molar-refractivity contribution in [3.8, 4) is 0 Å². The van der Waals surface area contributed by atoms with E-state index >= 15 is 0 Å². The Morgan fingerprint density at radius 3 is 2.94 bits per heavy atom. The fourth-order valence-electron chi connectivity index (χ4n) is 1.12. The summed E-state index contributed by atoms with van der Waals surface area (Å²) in [4.78, 5) is 11.1. The number of ether oxygens (including phenoxy) is 1. The highest BCUT2D eigenvalue weighted by atomic mass is 19.1. The molecule has 0 unspecified atom stereocenters. The van der Waals surface area contributed by atoms with Crippen LogP contribution in [0.1, 0.15) is 5.56 Å². The first kappa shape index (κ1) is 12.4. The number of nitrogens with one attached hydrogen (secondary N) is 2. The summed E-state index contributed by atoms with van der Waals surface area (Å²) in [5.74, 6) is -0.336. The van der Waals surface area contributed by atoms with Gasteiger partial charge < -0.3 is 15.4 Å². The molecule has 16 heavy (non-hydrogen) atoms. The number of halogens is 1. The Kier molecular flexibility index (Phi) is 5.28. The van der Waals surface area contributed by atoms with E-state index in [0.717, 1.165) is 0 Å². The van der Waals surface area contributed by atoms with E-state index in [0.29, 0.717) is 18.7 Å². The van der Waals surface area contributed by atoms with Crippen molar-refractivity contribution < 1.29 is 13.9 Å². The Hall–Kier alpha value is -1.62. The molecule has 1 aromatic rings. The smallest absolute Gasteiger partial charge is 0.407 e. The zero-order valence-corrected chi connectivity index (χ0v) is 9.13. The van der Waals surface area contributed by atoms with Crippen molar-refractivity contribution >= 4 is 6.09 Å². The van der Waals surface area contributed by atoms with Gasteiger partial charge in [-0.3, -0.25) is 0 Å².